The number of anilines is 2. The second-order valence-electron chi connectivity index (χ2n) is 8.38. The first-order valence-corrected chi connectivity index (χ1v) is 11.1. The van der Waals surface area contributed by atoms with E-state index in [0.29, 0.717) is 6.04 Å². The highest BCUT2D eigenvalue weighted by Crippen LogP contribution is 2.24. The second kappa shape index (κ2) is 10.0. The molecule has 0 unspecified atom stereocenters. The zero-order valence-corrected chi connectivity index (χ0v) is 17.6. The largest absolute Gasteiger partial charge is 0.369 e. The Morgan fingerprint density at radius 1 is 0.966 bits per heavy atom. The Bertz CT molecular complexity index is 751. The Labute approximate surface area is 174 Å². The van der Waals surface area contributed by atoms with Gasteiger partial charge in [-0.15, -0.1) is 0 Å². The standard InChI is InChI=1S/C23H34N6/c1-28-14-16-29(17-15-28)13-12-24-22-18-21(19-8-4-2-5-9-19)26-23(27-22)25-20-10-6-3-7-11-20/h2,4-5,8-9,18,20H,3,6-7,10-17H2,1H3,(H2,24,25,26,27). The Kier molecular flexibility index (Phi) is 6.96. The van der Waals surface area contributed by atoms with E-state index in [1.165, 1.54) is 32.1 Å². The molecule has 6 nitrogen and oxygen atoms in total. The third kappa shape index (κ3) is 5.90. The summed E-state index contributed by atoms with van der Waals surface area (Å²) in [5.74, 6) is 1.66. The molecular formula is C23H34N6. The Hall–Kier alpha value is -2.18. The maximum Gasteiger partial charge on any atom is 0.225 e. The first-order chi connectivity index (χ1) is 14.3. The lowest BCUT2D eigenvalue weighted by Gasteiger charge is -2.32. The van der Waals surface area contributed by atoms with Crippen LogP contribution in [0.1, 0.15) is 32.1 Å². The molecule has 156 valence electrons. The molecule has 2 fully saturated rings. The number of nitrogens with zero attached hydrogens (tertiary/aromatic N) is 4. The molecule has 2 heterocycles. The van der Waals surface area contributed by atoms with E-state index >= 15 is 0 Å². The number of aromatic nitrogens is 2. The van der Waals surface area contributed by atoms with Crippen LogP contribution in [0.25, 0.3) is 11.3 Å². The van der Waals surface area contributed by atoms with Gasteiger partial charge >= 0.3 is 0 Å². The maximum absolute atomic E-state index is 4.83. The molecule has 1 saturated carbocycles. The number of likely N-dealkylation sites (N-methyl/N-ethyl adjacent to an activating group) is 1. The third-order valence-corrected chi connectivity index (χ3v) is 6.06. The van der Waals surface area contributed by atoms with Crippen LogP contribution in [0.5, 0.6) is 0 Å². The van der Waals surface area contributed by atoms with Gasteiger partial charge in [0.15, 0.2) is 0 Å². The number of benzene rings is 1. The van der Waals surface area contributed by atoms with E-state index in [9.17, 15) is 0 Å². The first kappa shape index (κ1) is 20.1. The van der Waals surface area contributed by atoms with Gasteiger partial charge in [-0.1, -0.05) is 49.6 Å². The molecule has 1 aromatic carbocycles. The number of rotatable bonds is 7. The quantitative estimate of drug-likeness (QED) is 0.749. The highest BCUT2D eigenvalue weighted by atomic mass is 15.3. The van der Waals surface area contributed by atoms with Gasteiger partial charge in [0, 0.05) is 56.9 Å². The molecule has 2 aliphatic rings. The molecule has 0 amide bonds. The third-order valence-electron chi connectivity index (χ3n) is 6.06. The van der Waals surface area contributed by atoms with Crippen molar-refractivity contribution in [3.05, 3.63) is 36.4 Å². The highest BCUT2D eigenvalue weighted by molar-refractivity contribution is 5.64. The molecule has 1 aromatic heterocycles. The summed E-state index contributed by atoms with van der Waals surface area (Å²) in [7, 11) is 2.20. The number of hydrogen-bond acceptors (Lipinski definition) is 6. The second-order valence-corrected chi connectivity index (χ2v) is 8.38. The van der Waals surface area contributed by atoms with E-state index in [-0.39, 0.29) is 0 Å². The summed E-state index contributed by atoms with van der Waals surface area (Å²) in [6, 6.07) is 13.0. The van der Waals surface area contributed by atoms with Crippen LogP contribution in [-0.4, -0.2) is 72.1 Å². The van der Waals surface area contributed by atoms with Gasteiger partial charge in [-0.05, 0) is 19.9 Å². The summed E-state index contributed by atoms with van der Waals surface area (Å²) in [4.78, 5) is 14.5. The number of nitrogens with one attached hydrogen (secondary N) is 2. The lowest BCUT2D eigenvalue weighted by atomic mass is 9.96. The lowest BCUT2D eigenvalue weighted by molar-refractivity contribution is 0.158. The summed E-state index contributed by atoms with van der Waals surface area (Å²) in [5.41, 5.74) is 2.10. The molecule has 0 spiro atoms. The number of hydrogen-bond donors (Lipinski definition) is 2. The van der Waals surface area contributed by atoms with Crippen LogP contribution in [0.2, 0.25) is 0 Å². The monoisotopic (exact) mass is 394 g/mol. The minimum atomic E-state index is 0.493. The lowest BCUT2D eigenvalue weighted by Crippen LogP contribution is -2.45. The molecular weight excluding hydrogens is 360 g/mol. The smallest absolute Gasteiger partial charge is 0.225 e. The van der Waals surface area contributed by atoms with E-state index < -0.39 is 0 Å². The van der Waals surface area contributed by atoms with Gasteiger partial charge in [-0.3, -0.25) is 4.90 Å². The van der Waals surface area contributed by atoms with Gasteiger partial charge in [-0.25, -0.2) is 4.98 Å². The zero-order valence-electron chi connectivity index (χ0n) is 17.6. The van der Waals surface area contributed by atoms with Crippen LogP contribution in [0.15, 0.2) is 36.4 Å². The van der Waals surface area contributed by atoms with E-state index in [1.807, 2.05) is 6.07 Å². The van der Waals surface area contributed by atoms with Crippen LogP contribution < -0.4 is 10.6 Å². The van der Waals surface area contributed by atoms with Gasteiger partial charge in [0.05, 0.1) is 5.69 Å². The minimum absolute atomic E-state index is 0.493. The molecule has 1 aliphatic carbocycles. The number of piperazine rings is 1. The van der Waals surface area contributed by atoms with Crippen molar-refractivity contribution in [1.29, 1.82) is 0 Å². The van der Waals surface area contributed by atoms with Gasteiger partial charge in [0.25, 0.3) is 0 Å². The fraction of sp³-hybridized carbons (Fsp3) is 0.565. The van der Waals surface area contributed by atoms with E-state index in [0.717, 1.165) is 62.3 Å². The fourth-order valence-corrected chi connectivity index (χ4v) is 4.20. The van der Waals surface area contributed by atoms with Crippen LogP contribution >= 0.6 is 0 Å². The Balaban J connectivity index is 1.43. The zero-order chi connectivity index (χ0) is 19.9. The fourth-order valence-electron chi connectivity index (χ4n) is 4.20. The van der Waals surface area contributed by atoms with E-state index in [4.69, 9.17) is 9.97 Å². The SMILES string of the molecule is CN1CCN(CCNc2cc(-c3ccccc3)nc(NC3CCCCC3)n2)CC1. The molecule has 1 aliphatic heterocycles. The summed E-state index contributed by atoms with van der Waals surface area (Å²) in [6.45, 7) is 6.54. The van der Waals surface area contributed by atoms with Crippen LogP contribution in [0, 0.1) is 0 Å². The van der Waals surface area contributed by atoms with E-state index in [1.54, 1.807) is 0 Å². The molecule has 29 heavy (non-hydrogen) atoms. The molecule has 0 bridgehead atoms. The van der Waals surface area contributed by atoms with Crippen LogP contribution in [0.3, 0.4) is 0 Å². The van der Waals surface area contributed by atoms with Crippen molar-refractivity contribution in [2.45, 2.75) is 38.1 Å². The molecule has 0 atom stereocenters. The highest BCUT2D eigenvalue weighted by Gasteiger charge is 2.16. The van der Waals surface area contributed by atoms with E-state index in [2.05, 4.69) is 57.8 Å². The van der Waals surface area contributed by atoms with Crippen molar-refractivity contribution in [3.8, 4) is 11.3 Å². The Morgan fingerprint density at radius 2 is 1.72 bits per heavy atom. The summed E-state index contributed by atoms with van der Waals surface area (Å²) in [5, 5.41) is 7.14. The molecule has 6 heteroatoms. The molecule has 2 aromatic rings. The van der Waals surface area contributed by atoms with Gasteiger partial charge in [0.1, 0.15) is 5.82 Å². The van der Waals surface area contributed by atoms with Crippen molar-refractivity contribution in [2.75, 3.05) is 56.9 Å². The molecule has 4 rings (SSSR count). The van der Waals surface area contributed by atoms with Crippen LogP contribution in [0.4, 0.5) is 11.8 Å². The first-order valence-electron chi connectivity index (χ1n) is 11.1. The van der Waals surface area contributed by atoms with Crippen molar-refractivity contribution in [3.63, 3.8) is 0 Å². The van der Waals surface area contributed by atoms with Gasteiger partial charge < -0.3 is 15.5 Å². The molecule has 1 saturated heterocycles. The maximum atomic E-state index is 4.83. The molecule has 0 radical (unpaired) electrons. The predicted octanol–water partition coefficient (Wildman–Crippen LogP) is 3.55. The van der Waals surface area contributed by atoms with Crippen molar-refractivity contribution < 1.29 is 0 Å². The van der Waals surface area contributed by atoms with Crippen molar-refractivity contribution in [1.82, 2.24) is 19.8 Å². The summed E-state index contributed by atoms with van der Waals surface area (Å²) >= 11 is 0. The average molecular weight is 395 g/mol. The van der Waals surface area contributed by atoms with Crippen molar-refractivity contribution >= 4 is 11.8 Å². The summed E-state index contributed by atoms with van der Waals surface area (Å²) < 4.78 is 0. The van der Waals surface area contributed by atoms with Crippen molar-refractivity contribution in [2.24, 2.45) is 0 Å². The Morgan fingerprint density at radius 3 is 2.48 bits per heavy atom. The van der Waals surface area contributed by atoms with Gasteiger partial charge in [0.2, 0.25) is 5.95 Å². The minimum Gasteiger partial charge on any atom is -0.369 e. The van der Waals surface area contributed by atoms with Crippen LogP contribution in [-0.2, 0) is 0 Å². The topological polar surface area (TPSA) is 56.3 Å². The summed E-state index contributed by atoms with van der Waals surface area (Å²) in [6.07, 6.45) is 6.37. The normalized spacial score (nSPS) is 19.2. The molecule has 2 N–H and O–H groups in total. The van der Waals surface area contributed by atoms with Gasteiger partial charge in [-0.2, -0.15) is 4.98 Å². The predicted molar refractivity (Wildman–Crippen MR) is 120 cm³/mol. The average Bonchev–Trinajstić information content (AvgIpc) is 2.76.